The smallest absolute Gasteiger partial charge is 0.451 e. The van der Waals surface area contributed by atoms with Crippen LogP contribution in [0.1, 0.15) is 48.0 Å². The fraction of sp³-hybridized carbons (Fsp3) is 0.375. The molecule has 2 aromatic carbocycles. The van der Waals surface area contributed by atoms with E-state index < -0.39 is 23.6 Å². The number of halogens is 6. The molecular formula is C32H29ClF5N7O2. The minimum Gasteiger partial charge on any atom is -0.486 e. The zero-order valence-corrected chi connectivity index (χ0v) is 25.7. The van der Waals surface area contributed by atoms with Gasteiger partial charge in [0.2, 0.25) is 5.82 Å². The third kappa shape index (κ3) is 6.81. The topological polar surface area (TPSA) is 94.0 Å². The number of aromatic amines is 1. The molecular weight excluding hydrogens is 645 g/mol. The van der Waals surface area contributed by atoms with Crippen molar-refractivity contribution >= 4 is 22.6 Å². The van der Waals surface area contributed by atoms with Crippen molar-refractivity contribution in [3.63, 3.8) is 0 Å². The summed E-state index contributed by atoms with van der Waals surface area (Å²) < 4.78 is 81.4. The molecule has 0 unspecified atom stereocenters. The molecule has 2 fully saturated rings. The molecule has 0 bridgehead atoms. The Morgan fingerprint density at radius 2 is 1.81 bits per heavy atom. The quantitative estimate of drug-likeness (QED) is 0.170. The van der Waals surface area contributed by atoms with Crippen molar-refractivity contribution in [3.8, 4) is 17.3 Å². The van der Waals surface area contributed by atoms with E-state index in [4.69, 9.17) is 26.1 Å². The van der Waals surface area contributed by atoms with Gasteiger partial charge < -0.3 is 19.0 Å². The Bertz CT molecular complexity index is 1900. The fourth-order valence-electron chi connectivity index (χ4n) is 5.97. The summed E-state index contributed by atoms with van der Waals surface area (Å²) in [6, 6.07) is 10.7. The first-order valence-corrected chi connectivity index (χ1v) is 15.5. The number of hydrogen-bond acceptors (Lipinski definition) is 7. The minimum absolute atomic E-state index is 0.0475. The number of imidazole rings is 1. The van der Waals surface area contributed by atoms with Crippen molar-refractivity contribution in [3.05, 3.63) is 88.1 Å². The number of benzene rings is 2. The maximum absolute atomic E-state index is 14.6. The molecule has 1 N–H and O–H groups in total. The molecule has 2 saturated heterocycles. The van der Waals surface area contributed by atoms with Gasteiger partial charge in [0.05, 0.1) is 36.4 Å². The van der Waals surface area contributed by atoms with Crippen molar-refractivity contribution < 1.29 is 31.4 Å². The van der Waals surface area contributed by atoms with Gasteiger partial charge in [-0.2, -0.15) is 13.2 Å². The summed E-state index contributed by atoms with van der Waals surface area (Å²) in [5.74, 6) is -1.26. The number of H-pyrrole nitrogens is 1. The van der Waals surface area contributed by atoms with Gasteiger partial charge in [-0.3, -0.25) is 9.88 Å². The molecule has 3 aromatic heterocycles. The number of rotatable bonds is 9. The Labute approximate surface area is 270 Å². The van der Waals surface area contributed by atoms with E-state index in [1.54, 1.807) is 30.5 Å². The SMILES string of the molecule is Fc1cc(Cl)ccc1COc1cc(C2CCN(Cc3nc4cc(-c5nnc(C(F)(F)F)[nH]5)ncc4n3C[C@@H]3CCO3)CC2)ccc1F. The van der Waals surface area contributed by atoms with Crippen molar-refractivity contribution in [1.82, 2.24) is 34.6 Å². The number of pyridine rings is 1. The van der Waals surface area contributed by atoms with Crippen LogP contribution in [0.4, 0.5) is 22.0 Å². The van der Waals surface area contributed by atoms with Gasteiger partial charge >= 0.3 is 6.18 Å². The van der Waals surface area contributed by atoms with Crippen molar-refractivity contribution in [2.24, 2.45) is 0 Å². The van der Waals surface area contributed by atoms with E-state index in [9.17, 15) is 22.0 Å². The third-order valence-corrected chi connectivity index (χ3v) is 8.90. The first-order chi connectivity index (χ1) is 22.6. The number of fused-ring (bicyclic) bond motifs is 1. The van der Waals surface area contributed by atoms with Crippen molar-refractivity contribution in [2.45, 2.75) is 57.2 Å². The lowest BCUT2D eigenvalue weighted by Gasteiger charge is -2.33. The number of nitrogens with zero attached hydrogens (tertiary/aromatic N) is 6. The summed E-state index contributed by atoms with van der Waals surface area (Å²) in [6.07, 6.45) is -0.440. The third-order valence-electron chi connectivity index (χ3n) is 8.67. The summed E-state index contributed by atoms with van der Waals surface area (Å²) in [5.41, 5.74) is 2.77. The number of aromatic nitrogens is 6. The van der Waals surface area contributed by atoms with E-state index in [0.29, 0.717) is 25.2 Å². The van der Waals surface area contributed by atoms with Gasteiger partial charge in [-0.1, -0.05) is 23.7 Å². The highest BCUT2D eigenvalue weighted by Gasteiger charge is 2.35. The molecule has 47 heavy (non-hydrogen) atoms. The zero-order chi connectivity index (χ0) is 32.7. The van der Waals surface area contributed by atoms with Gasteiger partial charge in [-0.15, -0.1) is 10.2 Å². The van der Waals surface area contributed by atoms with Crippen LogP contribution in [0.3, 0.4) is 0 Å². The molecule has 1 atom stereocenters. The highest BCUT2D eigenvalue weighted by Crippen LogP contribution is 2.33. The molecule has 2 aliphatic rings. The van der Waals surface area contributed by atoms with Crippen LogP contribution in [0.2, 0.25) is 5.02 Å². The van der Waals surface area contributed by atoms with Gasteiger partial charge in [0.25, 0.3) is 0 Å². The predicted octanol–water partition coefficient (Wildman–Crippen LogP) is 6.91. The standard InChI is InChI=1S/C32H29ClF5N7O2/c33-21-3-1-20(24(35)12-21)17-47-28-11-19(2-4-23(28)34)18-5-8-44(9-6-18)16-29-40-25-13-26(30-41-31(43-42-30)32(36,37)38)39-14-27(25)45(29)15-22-7-10-46-22/h1-4,11-14,18,22H,5-10,15-17H2,(H,41,42,43)/t22-/m0/s1. The van der Waals surface area contributed by atoms with E-state index in [0.717, 1.165) is 49.3 Å². The number of alkyl halides is 3. The van der Waals surface area contributed by atoms with Crippen LogP contribution in [0, 0.1) is 11.6 Å². The molecule has 7 rings (SSSR count). The minimum atomic E-state index is -4.65. The number of piperidine rings is 1. The van der Waals surface area contributed by atoms with Gasteiger partial charge in [0, 0.05) is 17.2 Å². The Morgan fingerprint density at radius 3 is 2.51 bits per heavy atom. The van der Waals surface area contributed by atoms with Crippen LogP contribution in [0.15, 0.2) is 48.7 Å². The number of ether oxygens (including phenoxy) is 2. The summed E-state index contributed by atoms with van der Waals surface area (Å²) in [6.45, 7) is 3.23. The molecule has 2 aliphatic heterocycles. The Morgan fingerprint density at radius 1 is 1.00 bits per heavy atom. The van der Waals surface area contributed by atoms with Gasteiger partial charge in [0.15, 0.2) is 17.4 Å². The maximum Gasteiger partial charge on any atom is 0.451 e. The second-order valence-corrected chi connectivity index (χ2v) is 12.2. The number of hydrogen-bond donors (Lipinski definition) is 1. The highest BCUT2D eigenvalue weighted by molar-refractivity contribution is 6.30. The lowest BCUT2D eigenvalue weighted by atomic mass is 9.89. The lowest BCUT2D eigenvalue weighted by Crippen LogP contribution is -2.35. The molecule has 0 aliphatic carbocycles. The van der Waals surface area contributed by atoms with E-state index in [1.165, 1.54) is 18.2 Å². The molecule has 0 spiro atoms. The van der Waals surface area contributed by atoms with Crippen LogP contribution in [0.25, 0.3) is 22.6 Å². The molecule has 0 amide bonds. The predicted molar refractivity (Wildman–Crippen MR) is 162 cm³/mol. The summed E-state index contributed by atoms with van der Waals surface area (Å²) in [7, 11) is 0. The molecule has 246 valence electrons. The molecule has 0 radical (unpaired) electrons. The van der Waals surface area contributed by atoms with Crippen LogP contribution in [-0.4, -0.2) is 60.4 Å². The second-order valence-electron chi connectivity index (χ2n) is 11.8. The average molecular weight is 674 g/mol. The molecule has 9 nitrogen and oxygen atoms in total. The molecule has 5 aromatic rings. The van der Waals surface area contributed by atoms with Crippen LogP contribution < -0.4 is 4.74 Å². The summed E-state index contributed by atoms with van der Waals surface area (Å²) in [4.78, 5) is 13.7. The van der Waals surface area contributed by atoms with Crippen molar-refractivity contribution in [1.29, 1.82) is 0 Å². The monoisotopic (exact) mass is 673 g/mol. The normalized spacial score (nSPS) is 17.7. The molecule has 0 saturated carbocycles. The first kappa shape index (κ1) is 31.5. The fourth-order valence-corrected chi connectivity index (χ4v) is 6.13. The van der Waals surface area contributed by atoms with E-state index in [2.05, 4.69) is 29.6 Å². The van der Waals surface area contributed by atoms with E-state index >= 15 is 0 Å². The van der Waals surface area contributed by atoms with Crippen LogP contribution in [0.5, 0.6) is 5.75 Å². The first-order valence-electron chi connectivity index (χ1n) is 15.2. The van der Waals surface area contributed by atoms with E-state index in [1.807, 2.05) is 0 Å². The number of nitrogens with one attached hydrogen (secondary N) is 1. The zero-order valence-electron chi connectivity index (χ0n) is 24.9. The largest absolute Gasteiger partial charge is 0.486 e. The Balaban J connectivity index is 1.04. The van der Waals surface area contributed by atoms with Gasteiger partial charge in [-0.05, 0) is 74.2 Å². The van der Waals surface area contributed by atoms with Crippen LogP contribution >= 0.6 is 11.6 Å². The molecule has 5 heterocycles. The highest BCUT2D eigenvalue weighted by atomic mass is 35.5. The Hall–Kier alpha value is -4.14. The van der Waals surface area contributed by atoms with Crippen molar-refractivity contribution in [2.75, 3.05) is 19.7 Å². The van der Waals surface area contributed by atoms with Crippen LogP contribution in [-0.2, 0) is 30.6 Å². The lowest BCUT2D eigenvalue weighted by molar-refractivity contribution is -0.144. The average Bonchev–Trinajstić information content (AvgIpc) is 3.65. The van der Waals surface area contributed by atoms with E-state index in [-0.39, 0.29) is 46.5 Å². The Kier molecular flexibility index (Phi) is 8.57. The maximum atomic E-state index is 14.6. The van der Waals surface area contributed by atoms with Gasteiger partial charge in [-0.25, -0.2) is 13.8 Å². The molecule has 15 heteroatoms. The van der Waals surface area contributed by atoms with Gasteiger partial charge in [0.1, 0.15) is 23.9 Å². The second kappa shape index (κ2) is 12.8. The number of likely N-dealkylation sites (tertiary alicyclic amines) is 1. The summed E-state index contributed by atoms with van der Waals surface area (Å²) >= 11 is 5.82. The summed E-state index contributed by atoms with van der Waals surface area (Å²) in [5, 5.41) is 7.10.